The normalized spacial score (nSPS) is 12.0. The number of nitrogens with zero attached hydrogens (tertiary/aromatic N) is 2. The summed E-state index contributed by atoms with van der Waals surface area (Å²) in [4.78, 5) is 16.3. The van der Waals surface area contributed by atoms with Crippen LogP contribution in [0.15, 0.2) is 42.3 Å². The predicted octanol–water partition coefficient (Wildman–Crippen LogP) is 4.28. The lowest BCUT2D eigenvalue weighted by Gasteiger charge is -2.09. The van der Waals surface area contributed by atoms with E-state index in [1.807, 2.05) is 22.9 Å². The summed E-state index contributed by atoms with van der Waals surface area (Å²) < 4.78 is 14.5. The number of carbonyl (C=O) groups excluding carboxylic acids is 1. The fraction of sp³-hybridized carbons (Fsp3) is 0.300. The van der Waals surface area contributed by atoms with Crippen molar-refractivity contribution < 1.29 is 9.18 Å². The lowest BCUT2D eigenvalue weighted by molar-refractivity contribution is 0.101. The molecule has 0 aliphatic carbocycles. The van der Waals surface area contributed by atoms with Crippen molar-refractivity contribution in [3.8, 4) is 12.3 Å². The molecule has 2 rings (SSSR count). The van der Waals surface area contributed by atoms with Gasteiger partial charge in [-0.1, -0.05) is 25.2 Å². The number of pyridine rings is 1. The van der Waals surface area contributed by atoms with Crippen molar-refractivity contribution in [2.75, 3.05) is 6.67 Å². The van der Waals surface area contributed by atoms with Crippen LogP contribution in [0.2, 0.25) is 0 Å². The summed E-state index contributed by atoms with van der Waals surface area (Å²) in [5.41, 5.74) is 4.30. The van der Waals surface area contributed by atoms with Gasteiger partial charge in [-0.05, 0) is 30.5 Å². The molecular formula is C20H21FN2O. The number of terminal acetylenes is 1. The van der Waals surface area contributed by atoms with E-state index in [0.29, 0.717) is 24.0 Å². The van der Waals surface area contributed by atoms with Crippen LogP contribution in [0.25, 0.3) is 11.0 Å². The van der Waals surface area contributed by atoms with Gasteiger partial charge in [0.25, 0.3) is 0 Å². The molecule has 4 heteroatoms. The summed E-state index contributed by atoms with van der Waals surface area (Å²) in [6, 6.07) is 1.96. The fourth-order valence-electron chi connectivity index (χ4n) is 2.73. The Hall–Kier alpha value is -2.67. The Kier molecular flexibility index (Phi) is 6.08. The van der Waals surface area contributed by atoms with Crippen LogP contribution in [0.4, 0.5) is 4.39 Å². The number of aryl methyl sites for hydroxylation is 1. The summed E-state index contributed by atoms with van der Waals surface area (Å²) >= 11 is 0. The molecule has 124 valence electrons. The number of Topliss-reactive ketones (excluding diaryl/α,β-unsaturated/α-hetero) is 1. The first-order valence-corrected chi connectivity index (χ1v) is 7.95. The summed E-state index contributed by atoms with van der Waals surface area (Å²) in [6.45, 7) is 3.59. The molecular weight excluding hydrogens is 303 g/mol. The summed E-state index contributed by atoms with van der Waals surface area (Å²) in [5.74, 6) is 2.54. The molecule has 0 aliphatic heterocycles. The maximum atomic E-state index is 12.5. The standard InChI is InChI=1S/C20H21FN2O/c1-4-6-8-16(9-7-11-21)13-23-14-18(15(3)24)19-20(23)17(5-2)10-12-22-19/h1,7-10,12,14H,5-6,11,13H2,2-3H3/b9-7-,16-8+. The van der Waals surface area contributed by atoms with E-state index in [1.165, 1.54) is 13.0 Å². The van der Waals surface area contributed by atoms with Gasteiger partial charge in [-0.3, -0.25) is 9.78 Å². The third-order valence-corrected chi connectivity index (χ3v) is 3.85. The highest BCUT2D eigenvalue weighted by atomic mass is 19.1. The Bertz CT molecular complexity index is 837. The second-order valence-electron chi connectivity index (χ2n) is 5.49. The van der Waals surface area contributed by atoms with Crippen LogP contribution < -0.4 is 0 Å². The van der Waals surface area contributed by atoms with Gasteiger partial charge in [-0.25, -0.2) is 4.39 Å². The quantitative estimate of drug-likeness (QED) is 0.433. The second-order valence-corrected chi connectivity index (χ2v) is 5.49. The van der Waals surface area contributed by atoms with Crippen molar-refractivity contribution in [1.82, 2.24) is 9.55 Å². The third kappa shape index (κ3) is 3.80. The van der Waals surface area contributed by atoms with Gasteiger partial charge >= 0.3 is 0 Å². The SMILES string of the molecule is C#CC/C=C(\C=C/CF)Cn1cc(C(C)=O)c2nccc(CC)c21. The Morgan fingerprint density at radius 1 is 1.50 bits per heavy atom. The zero-order valence-electron chi connectivity index (χ0n) is 14.1. The van der Waals surface area contributed by atoms with Crippen LogP contribution in [-0.2, 0) is 13.0 Å². The molecule has 24 heavy (non-hydrogen) atoms. The molecule has 0 unspecified atom stereocenters. The average molecular weight is 324 g/mol. The Labute approximate surface area is 141 Å². The molecule has 0 bridgehead atoms. The van der Waals surface area contributed by atoms with Crippen molar-refractivity contribution in [2.45, 2.75) is 33.2 Å². The van der Waals surface area contributed by atoms with Gasteiger partial charge in [0.15, 0.2) is 5.78 Å². The van der Waals surface area contributed by atoms with Crippen molar-refractivity contribution in [3.63, 3.8) is 0 Å². The molecule has 0 aromatic carbocycles. The van der Waals surface area contributed by atoms with E-state index in [1.54, 1.807) is 12.3 Å². The van der Waals surface area contributed by atoms with Crippen molar-refractivity contribution in [3.05, 3.63) is 53.4 Å². The zero-order chi connectivity index (χ0) is 17.5. The topological polar surface area (TPSA) is 34.9 Å². The Morgan fingerprint density at radius 2 is 2.29 bits per heavy atom. The number of ketones is 1. The number of hydrogen-bond acceptors (Lipinski definition) is 2. The minimum Gasteiger partial charge on any atom is -0.341 e. The van der Waals surface area contributed by atoms with Crippen LogP contribution in [-0.4, -0.2) is 22.0 Å². The molecule has 0 saturated heterocycles. The van der Waals surface area contributed by atoms with E-state index >= 15 is 0 Å². The highest BCUT2D eigenvalue weighted by Crippen LogP contribution is 2.25. The molecule has 0 radical (unpaired) electrons. The average Bonchev–Trinajstić information content (AvgIpc) is 2.96. The molecule has 0 saturated carbocycles. The van der Waals surface area contributed by atoms with Crippen LogP contribution in [0, 0.1) is 12.3 Å². The van der Waals surface area contributed by atoms with Crippen LogP contribution in [0.1, 0.15) is 36.2 Å². The Balaban J connectivity index is 2.56. The van der Waals surface area contributed by atoms with Gasteiger partial charge in [-0.15, -0.1) is 12.3 Å². The lowest BCUT2D eigenvalue weighted by Crippen LogP contribution is -2.01. The number of allylic oxidation sites excluding steroid dienone is 4. The van der Waals surface area contributed by atoms with Gasteiger partial charge in [-0.2, -0.15) is 0 Å². The smallest absolute Gasteiger partial charge is 0.163 e. The number of halogens is 1. The van der Waals surface area contributed by atoms with Crippen LogP contribution >= 0.6 is 0 Å². The number of hydrogen-bond donors (Lipinski definition) is 0. The molecule has 0 fully saturated rings. The van der Waals surface area contributed by atoms with Gasteiger partial charge in [0.1, 0.15) is 6.67 Å². The van der Waals surface area contributed by atoms with E-state index in [-0.39, 0.29) is 5.78 Å². The first-order valence-electron chi connectivity index (χ1n) is 7.95. The molecule has 0 atom stereocenters. The van der Waals surface area contributed by atoms with E-state index in [9.17, 15) is 9.18 Å². The highest BCUT2D eigenvalue weighted by molar-refractivity contribution is 6.06. The highest BCUT2D eigenvalue weighted by Gasteiger charge is 2.16. The van der Waals surface area contributed by atoms with Gasteiger partial charge in [0, 0.05) is 25.4 Å². The van der Waals surface area contributed by atoms with E-state index in [4.69, 9.17) is 6.42 Å². The molecule has 0 spiro atoms. The third-order valence-electron chi connectivity index (χ3n) is 3.85. The molecule has 2 aromatic heterocycles. The molecule has 0 amide bonds. The lowest BCUT2D eigenvalue weighted by atomic mass is 10.1. The first-order chi connectivity index (χ1) is 11.6. The van der Waals surface area contributed by atoms with Crippen molar-refractivity contribution >= 4 is 16.8 Å². The minimum absolute atomic E-state index is 0.0204. The second kappa shape index (κ2) is 8.26. The summed E-state index contributed by atoms with van der Waals surface area (Å²) in [6.07, 6.45) is 15.3. The fourth-order valence-corrected chi connectivity index (χ4v) is 2.73. The molecule has 2 heterocycles. The largest absolute Gasteiger partial charge is 0.341 e. The maximum Gasteiger partial charge on any atom is 0.163 e. The molecule has 2 aromatic rings. The van der Waals surface area contributed by atoms with E-state index in [0.717, 1.165) is 23.1 Å². The number of carbonyl (C=O) groups is 1. The molecule has 0 N–H and O–H groups in total. The minimum atomic E-state index is -0.527. The summed E-state index contributed by atoms with van der Waals surface area (Å²) in [7, 11) is 0. The predicted molar refractivity (Wildman–Crippen MR) is 95.8 cm³/mol. The van der Waals surface area contributed by atoms with E-state index < -0.39 is 6.67 Å². The number of rotatable bonds is 7. The van der Waals surface area contributed by atoms with Gasteiger partial charge < -0.3 is 4.57 Å². The maximum absolute atomic E-state index is 12.5. The molecule has 3 nitrogen and oxygen atoms in total. The first kappa shape index (κ1) is 17.7. The number of fused-ring (bicyclic) bond motifs is 1. The van der Waals surface area contributed by atoms with Gasteiger partial charge in [0.05, 0.1) is 16.6 Å². The van der Waals surface area contributed by atoms with Crippen LogP contribution in [0.3, 0.4) is 0 Å². The number of aromatic nitrogens is 2. The van der Waals surface area contributed by atoms with Gasteiger partial charge in [0.2, 0.25) is 0 Å². The van der Waals surface area contributed by atoms with E-state index in [2.05, 4.69) is 17.8 Å². The number of alkyl halides is 1. The monoisotopic (exact) mass is 324 g/mol. The zero-order valence-corrected chi connectivity index (χ0v) is 14.1. The Morgan fingerprint density at radius 3 is 2.92 bits per heavy atom. The van der Waals surface area contributed by atoms with Crippen LogP contribution in [0.5, 0.6) is 0 Å². The van der Waals surface area contributed by atoms with Crippen molar-refractivity contribution in [2.24, 2.45) is 0 Å². The molecule has 0 aliphatic rings. The summed E-state index contributed by atoms with van der Waals surface area (Å²) in [5, 5.41) is 0. The van der Waals surface area contributed by atoms with Crippen molar-refractivity contribution in [1.29, 1.82) is 0 Å².